The number of aromatic nitrogens is 10. The number of primary amides is 1. The van der Waals surface area contributed by atoms with Crippen LogP contribution in [0.5, 0.6) is 0 Å². The Kier molecular flexibility index (Phi) is 24.8. The summed E-state index contributed by atoms with van der Waals surface area (Å²) < 4.78 is 28.0. The first-order chi connectivity index (χ1) is 41.3. The van der Waals surface area contributed by atoms with E-state index >= 15 is 0 Å². The highest BCUT2D eigenvalue weighted by molar-refractivity contribution is 14.1. The van der Waals surface area contributed by atoms with Crippen molar-refractivity contribution in [1.82, 2.24) is 54.8 Å². The van der Waals surface area contributed by atoms with Gasteiger partial charge in [-0.3, -0.25) is 49.0 Å². The van der Waals surface area contributed by atoms with Gasteiger partial charge in [-0.25, -0.2) is 9.97 Å². The van der Waals surface area contributed by atoms with Gasteiger partial charge in [0, 0.05) is 114 Å². The smallest absolute Gasteiger partial charge is 0.306 e. The molecule has 0 radical (unpaired) electrons. The molecule has 460 valence electrons. The Morgan fingerprint density at radius 1 is 0.694 bits per heavy atom. The molecule has 2 amide bonds. The van der Waals surface area contributed by atoms with Crippen LogP contribution < -0.4 is 27.0 Å². The van der Waals surface area contributed by atoms with E-state index in [0.29, 0.717) is 40.7 Å². The number of aromatic amines is 1. The molecule has 85 heavy (non-hydrogen) atoms. The number of nitrogens with two attached hydrogens (primary N) is 2. The number of nitrogens with zero attached hydrogens (tertiary/aromatic N) is 12. The minimum absolute atomic E-state index is 0.00926. The number of carbonyl (C=O) groups is 2. The summed E-state index contributed by atoms with van der Waals surface area (Å²) in [7, 11) is 0. The molecular weight excluding hydrogens is 1210 g/mol. The van der Waals surface area contributed by atoms with Gasteiger partial charge in [0.15, 0.2) is 11.5 Å². The first-order valence-corrected chi connectivity index (χ1v) is 30.9. The number of H-pyrrole nitrogens is 1. The summed E-state index contributed by atoms with van der Waals surface area (Å²) in [5, 5.41) is 45.0. The molecule has 0 bridgehead atoms. The highest BCUT2D eigenvalue weighted by Crippen LogP contribution is 2.40. The SMILES string of the molecule is C[C@@H]1[C@H](NC(=O)c2ccc(C3CC3)cc2)CCCN1c1cnc(C(N)=O)c(Nc2cnn(CC3CCOCC3)c2)n1.ICC1CCOCC1.Nc1cnn(CC2CCOCC2)c1.O=[N+]([O-])c1cn[nH]c1.O=[N+]([O-])c1cnn(CC2CCOCC2)c1. The highest BCUT2D eigenvalue weighted by atomic mass is 127. The predicted octanol–water partition coefficient (Wildman–Crippen LogP) is 7.88. The first-order valence-electron chi connectivity index (χ1n) is 29.4. The molecule has 27 nitrogen and oxygen atoms in total. The molecule has 6 aliphatic rings. The molecule has 12 rings (SSSR count). The molecule has 7 N–H and O–H groups in total. The van der Waals surface area contributed by atoms with E-state index in [2.05, 4.69) is 87.7 Å². The van der Waals surface area contributed by atoms with Gasteiger partial charge in [-0.05, 0) is 131 Å². The number of rotatable bonds is 16. The lowest BCUT2D eigenvalue weighted by Crippen LogP contribution is -2.54. The molecule has 0 unspecified atom stereocenters. The largest absolute Gasteiger partial charge is 0.396 e. The summed E-state index contributed by atoms with van der Waals surface area (Å²) in [5.41, 5.74) is 14.8. The molecule has 1 saturated carbocycles. The molecule has 5 aromatic heterocycles. The van der Waals surface area contributed by atoms with Gasteiger partial charge < -0.3 is 45.9 Å². The topological polar surface area (TPSA) is 345 Å². The van der Waals surface area contributed by atoms with Gasteiger partial charge in [0.1, 0.15) is 24.4 Å². The van der Waals surface area contributed by atoms with E-state index in [1.165, 1.54) is 54.3 Å². The van der Waals surface area contributed by atoms with E-state index in [1.807, 2.05) is 33.9 Å². The number of piperidine rings is 1. The third-order valence-electron chi connectivity index (χ3n) is 15.8. The monoisotopic (exact) mass is 1290 g/mol. The molecule has 0 spiro atoms. The minimum Gasteiger partial charge on any atom is -0.396 e. The van der Waals surface area contributed by atoms with Gasteiger partial charge in [-0.1, -0.05) is 34.7 Å². The second kappa shape index (κ2) is 32.9. The summed E-state index contributed by atoms with van der Waals surface area (Å²) >= 11 is 2.45. The number of alkyl halides is 1. The van der Waals surface area contributed by atoms with Crippen molar-refractivity contribution in [2.24, 2.45) is 29.4 Å². The maximum atomic E-state index is 13.1. The fourth-order valence-corrected chi connectivity index (χ4v) is 11.4. The summed E-state index contributed by atoms with van der Waals surface area (Å²) in [6.07, 6.45) is 27.0. The Morgan fingerprint density at radius 3 is 1.71 bits per heavy atom. The Hall–Kier alpha value is -7.15. The lowest BCUT2D eigenvalue weighted by atomic mass is 9.97. The Balaban J connectivity index is 0.000000171. The van der Waals surface area contributed by atoms with Crippen LogP contribution in [0.15, 0.2) is 80.0 Å². The van der Waals surface area contributed by atoms with E-state index in [-0.39, 0.29) is 40.9 Å². The van der Waals surface area contributed by atoms with E-state index < -0.39 is 15.8 Å². The normalized spacial score (nSPS) is 19.5. The van der Waals surface area contributed by atoms with E-state index in [9.17, 15) is 29.8 Å². The fraction of sp³-hybridized carbons (Fsp3) is 0.579. The van der Waals surface area contributed by atoms with Crippen LogP contribution in [0.25, 0.3) is 0 Å². The standard InChI is InChI=1S/C30H38N8O3.C9H13N3O3.C9H15N3O.C6H11IO.C3H3N3O2/c1-19-25(35-30(40)23-8-6-22(7-9-23)21-4-5-21)3-2-12-38(19)26-16-32-27(28(31)39)29(36-26)34-24-15-33-37(18-24)17-20-10-13-41-14-11-20;13-12(14)9-5-10-11(7-9)6-8-1-3-15-4-2-8;10-9-5-11-12(7-9)6-8-1-3-13-4-2-8;7-5-6-1-3-8-4-2-6;7-6(8)3-1-4-5-2-3/h6-9,15-16,18-21,25H,2-5,10-14,17H2,1H3,(H2,31,39)(H,34,36)(H,35,40);5,7-8H,1-4,6H2;5,7-8H,1-4,6,10H2;6H,1-5H2;1-2H,(H,4,5)/t19-,25-;;;;/m1..../s1. The molecule has 6 fully saturated rings. The molecular formula is C57H80IN17O10. The zero-order valence-corrected chi connectivity index (χ0v) is 50.4. The second-order valence-electron chi connectivity index (χ2n) is 22.2. The van der Waals surface area contributed by atoms with Crippen LogP contribution in [0.2, 0.25) is 0 Å². The van der Waals surface area contributed by atoms with Crippen LogP contribution >= 0.6 is 22.6 Å². The third kappa shape index (κ3) is 20.5. The molecule has 10 heterocycles. The van der Waals surface area contributed by atoms with Crippen molar-refractivity contribution in [1.29, 1.82) is 0 Å². The van der Waals surface area contributed by atoms with Crippen LogP contribution in [0, 0.1) is 43.9 Å². The summed E-state index contributed by atoms with van der Waals surface area (Å²) in [5.74, 6) is 3.54. The van der Waals surface area contributed by atoms with Crippen molar-refractivity contribution in [3.05, 3.63) is 117 Å². The van der Waals surface area contributed by atoms with Crippen molar-refractivity contribution >= 4 is 68.8 Å². The number of hydrogen-bond donors (Lipinski definition) is 5. The zero-order chi connectivity index (χ0) is 59.9. The number of halogens is 1. The number of anilines is 4. The maximum Gasteiger partial charge on any atom is 0.306 e. The van der Waals surface area contributed by atoms with E-state index in [1.54, 1.807) is 23.3 Å². The van der Waals surface area contributed by atoms with Gasteiger partial charge in [0.05, 0.1) is 46.0 Å². The van der Waals surface area contributed by atoms with Crippen LogP contribution in [0.3, 0.4) is 0 Å². The summed E-state index contributed by atoms with van der Waals surface area (Å²) in [4.78, 5) is 55.9. The molecule has 1 aliphatic carbocycles. The van der Waals surface area contributed by atoms with Crippen LogP contribution in [-0.4, -0.2) is 147 Å². The molecule has 28 heteroatoms. The van der Waals surface area contributed by atoms with Gasteiger partial charge in [-0.15, -0.1) is 0 Å². The third-order valence-corrected chi connectivity index (χ3v) is 17.1. The lowest BCUT2D eigenvalue weighted by Gasteiger charge is -2.40. The quantitative estimate of drug-likeness (QED) is 0.0266. The molecule has 6 aromatic rings. The molecule has 5 aliphatic heterocycles. The van der Waals surface area contributed by atoms with E-state index in [0.717, 1.165) is 148 Å². The van der Waals surface area contributed by atoms with E-state index in [4.69, 9.17) is 35.4 Å². The van der Waals surface area contributed by atoms with Gasteiger partial charge in [0.2, 0.25) is 0 Å². The van der Waals surface area contributed by atoms with Gasteiger partial charge >= 0.3 is 11.4 Å². The second-order valence-corrected chi connectivity index (χ2v) is 23.1. The average molecular weight is 1290 g/mol. The Morgan fingerprint density at radius 2 is 1.24 bits per heavy atom. The Bertz CT molecular complexity index is 2990. The number of ether oxygens (including phenoxy) is 4. The van der Waals surface area contributed by atoms with Crippen molar-refractivity contribution in [3.8, 4) is 0 Å². The minimum atomic E-state index is -0.661. The number of nitrogen functional groups attached to an aromatic ring is 1. The molecule has 5 saturated heterocycles. The number of nitro groups is 2. The maximum absolute atomic E-state index is 13.1. The van der Waals surface area contributed by atoms with Gasteiger partial charge in [-0.2, -0.15) is 20.4 Å². The highest BCUT2D eigenvalue weighted by Gasteiger charge is 2.32. The van der Waals surface area contributed by atoms with Gasteiger partial charge in [0.25, 0.3) is 11.8 Å². The lowest BCUT2D eigenvalue weighted by molar-refractivity contribution is -0.385. The number of hydrogen-bond acceptors (Lipinski definition) is 19. The van der Waals surface area contributed by atoms with Crippen molar-refractivity contribution < 1.29 is 38.4 Å². The summed E-state index contributed by atoms with van der Waals surface area (Å²) in [6, 6.07) is 7.90. The van der Waals surface area contributed by atoms with Crippen LogP contribution in [-0.2, 0) is 38.6 Å². The number of carbonyl (C=O) groups excluding carboxylic acids is 2. The van der Waals surface area contributed by atoms with Crippen molar-refractivity contribution in [2.45, 2.75) is 122 Å². The predicted molar refractivity (Wildman–Crippen MR) is 326 cm³/mol. The fourth-order valence-electron chi connectivity index (χ4n) is 10.5. The zero-order valence-electron chi connectivity index (χ0n) is 48.2. The average Bonchev–Trinajstić information content (AvgIpc) is 3.96. The number of nitrogens with one attached hydrogen (secondary N) is 3. The number of benzene rings is 1. The first kappa shape index (κ1) is 63.9. The Labute approximate surface area is 507 Å². The molecule has 2 atom stereocenters. The van der Waals surface area contributed by atoms with Crippen LogP contribution in [0.1, 0.15) is 116 Å². The summed E-state index contributed by atoms with van der Waals surface area (Å²) in [6.45, 7) is 12.3. The van der Waals surface area contributed by atoms with Crippen molar-refractivity contribution in [3.63, 3.8) is 0 Å². The number of amides is 2. The molecule has 1 aromatic carbocycles. The van der Waals surface area contributed by atoms with Crippen LogP contribution in [0.4, 0.5) is 34.4 Å². The van der Waals surface area contributed by atoms with Crippen molar-refractivity contribution in [2.75, 3.05) is 79.8 Å².